The van der Waals surface area contributed by atoms with Gasteiger partial charge in [-0.3, -0.25) is 9.59 Å². The summed E-state index contributed by atoms with van der Waals surface area (Å²) < 4.78 is 37.5. The van der Waals surface area contributed by atoms with Gasteiger partial charge in [-0.05, 0) is 57.4 Å². The van der Waals surface area contributed by atoms with Crippen molar-refractivity contribution in [2.75, 3.05) is 31.6 Å². The average Bonchev–Trinajstić information content (AvgIpc) is 3.19. The lowest BCUT2D eigenvalue weighted by Gasteiger charge is -2.26. The number of amides is 1. The van der Waals surface area contributed by atoms with Crippen LogP contribution in [0, 0.1) is 6.92 Å². The molecule has 1 aromatic heterocycles. The minimum Gasteiger partial charge on any atom is -0.462 e. The molecule has 0 aliphatic carbocycles. The Balaban J connectivity index is 1.73. The molecule has 2 aromatic rings. The second-order valence-electron chi connectivity index (χ2n) is 8.27. The maximum Gasteiger partial charge on any atom is 0.341 e. The number of sulfonamides is 1. The summed E-state index contributed by atoms with van der Waals surface area (Å²) in [7, 11) is -3.90. The number of anilines is 1. The number of carbonyl (C=O) groups is 4. The summed E-state index contributed by atoms with van der Waals surface area (Å²) in [5.74, 6) is -2.66. The van der Waals surface area contributed by atoms with E-state index in [2.05, 4.69) is 5.32 Å². The SMILES string of the molecule is CCOC(=O)c1c(NC(=O)COC(=O)c2ccc(Cl)c(S(=O)(=O)N3CCCCC3)c2)sc(C(C)=O)c1C. The van der Waals surface area contributed by atoms with Gasteiger partial charge in [0.15, 0.2) is 12.4 Å². The van der Waals surface area contributed by atoms with Crippen LogP contribution in [0.2, 0.25) is 5.02 Å². The number of nitrogens with one attached hydrogen (secondary N) is 1. The number of ether oxygens (including phenoxy) is 2. The van der Waals surface area contributed by atoms with Gasteiger partial charge in [0.1, 0.15) is 9.90 Å². The van der Waals surface area contributed by atoms with Crippen LogP contribution in [-0.4, -0.2) is 62.7 Å². The molecular formula is C24H27ClN2O8S2. The fraction of sp³-hybridized carbons (Fsp3) is 0.417. The van der Waals surface area contributed by atoms with E-state index < -0.39 is 34.5 Å². The summed E-state index contributed by atoms with van der Waals surface area (Å²) in [6, 6.07) is 3.73. The largest absolute Gasteiger partial charge is 0.462 e. The number of piperidine rings is 1. The molecule has 0 unspecified atom stereocenters. The van der Waals surface area contributed by atoms with Gasteiger partial charge >= 0.3 is 11.9 Å². The molecule has 1 aliphatic heterocycles. The van der Waals surface area contributed by atoms with E-state index in [1.54, 1.807) is 13.8 Å². The van der Waals surface area contributed by atoms with E-state index in [9.17, 15) is 27.6 Å². The molecule has 37 heavy (non-hydrogen) atoms. The summed E-state index contributed by atoms with van der Waals surface area (Å²) in [4.78, 5) is 49.5. The number of nitrogens with zero attached hydrogens (tertiary/aromatic N) is 1. The molecule has 1 fully saturated rings. The van der Waals surface area contributed by atoms with Gasteiger partial charge in [-0.25, -0.2) is 18.0 Å². The van der Waals surface area contributed by atoms with Crippen molar-refractivity contribution in [2.45, 2.75) is 44.9 Å². The van der Waals surface area contributed by atoms with Crippen LogP contribution in [0.1, 0.15) is 69.1 Å². The number of halogens is 1. The molecule has 0 saturated carbocycles. The normalized spacial score (nSPS) is 14.2. The van der Waals surface area contributed by atoms with E-state index in [4.69, 9.17) is 21.1 Å². The number of thiophene rings is 1. The van der Waals surface area contributed by atoms with E-state index in [0.717, 1.165) is 36.7 Å². The highest BCUT2D eigenvalue weighted by atomic mass is 35.5. The Morgan fingerprint density at radius 2 is 1.76 bits per heavy atom. The highest BCUT2D eigenvalue weighted by molar-refractivity contribution is 7.89. The van der Waals surface area contributed by atoms with Crippen molar-refractivity contribution >= 4 is 61.6 Å². The fourth-order valence-electron chi connectivity index (χ4n) is 3.84. The molecule has 0 bridgehead atoms. The second-order valence-corrected chi connectivity index (χ2v) is 11.6. The molecule has 0 spiro atoms. The number of esters is 2. The first-order valence-corrected chi connectivity index (χ1v) is 14.2. The Hall–Kier alpha value is -2.80. The Bertz CT molecular complexity index is 1330. The molecule has 1 aliphatic rings. The smallest absolute Gasteiger partial charge is 0.341 e. The number of Topliss-reactive ketones (excluding diaryl/α,β-unsaturated/α-hetero) is 1. The molecule has 3 rings (SSSR count). The topological polar surface area (TPSA) is 136 Å². The van der Waals surface area contributed by atoms with Crippen molar-refractivity contribution in [2.24, 2.45) is 0 Å². The first-order valence-electron chi connectivity index (χ1n) is 11.6. The fourth-order valence-corrected chi connectivity index (χ4v) is 6.96. The molecule has 0 atom stereocenters. The Morgan fingerprint density at radius 1 is 1.08 bits per heavy atom. The summed E-state index contributed by atoms with van der Waals surface area (Å²) in [6.45, 7) is 4.67. The summed E-state index contributed by atoms with van der Waals surface area (Å²) in [5.41, 5.74) is 0.347. The predicted molar refractivity (Wildman–Crippen MR) is 138 cm³/mol. The number of carbonyl (C=O) groups excluding carboxylic acids is 4. The first-order chi connectivity index (χ1) is 17.5. The molecule has 200 valence electrons. The summed E-state index contributed by atoms with van der Waals surface area (Å²) in [5, 5.41) is 2.56. The standard InChI is InChI=1S/C24H27ClN2O8S2/c1-4-34-24(31)20-14(2)21(15(3)28)36-22(20)26-19(29)13-35-23(30)16-8-9-17(25)18(12-16)37(32,33)27-10-6-5-7-11-27/h8-9,12H,4-7,10-11,13H2,1-3H3,(H,26,29). The van der Waals surface area contributed by atoms with Crippen LogP contribution in [0.15, 0.2) is 23.1 Å². The lowest BCUT2D eigenvalue weighted by molar-refractivity contribution is -0.119. The Morgan fingerprint density at radius 3 is 2.38 bits per heavy atom. The third-order valence-corrected chi connectivity index (χ3v) is 9.32. The van der Waals surface area contributed by atoms with Crippen molar-refractivity contribution in [3.63, 3.8) is 0 Å². The minimum absolute atomic E-state index is 0.0271. The van der Waals surface area contributed by atoms with Gasteiger partial charge in [0.25, 0.3) is 5.91 Å². The summed E-state index contributed by atoms with van der Waals surface area (Å²) >= 11 is 7.06. The maximum atomic E-state index is 13.0. The van der Waals surface area contributed by atoms with Crippen molar-refractivity contribution < 1.29 is 37.1 Å². The van der Waals surface area contributed by atoms with Gasteiger partial charge in [-0.1, -0.05) is 18.0 Å². The van der Waals surface area contributed by atoms with Crippen LogP contribution in [-0.2, 0) is 24.3 Å². The molecule has 2 heterocycles. The quantitative estimate of drug-likeness (QED) is 0.352. The van der Waals surface area contributed by atoms with Crippen LogP contribution in [0.25, 0.3) is 0 Å². The summed E-state index contributed by atoms with van der Waals surface area (Å²) in [6.07, 6.45) is 2.42. The molecule has 1 amide bonds. The molecule has 13 heteroatoms. The monoisotopic (exact) mass is 570 g/mol. The van der Waals surface area contributed by atoms with Crippen LogP contribution >= 0.6 is 22.9 Å². The van der Waals surface area contributed by atoms with Gasteiger partial charge in [0, 0.05) is 13.1 Å². The maximum absolute atomic E-state index is 13.0. The van der Waals surface area contributed by atoms with Crippen molar-refractivity contribution in [1.82, 2.24) is 4.31 Å². The van der Waals surface area contributed by atoms with Crippen LogP contribution < -0.4 is 5.32 Å². The number of ketones is 1. The lowest BCUT2D eigenvalue weighted by atomic mass is 10.1. The van der Waals surface area contributed by atoms with Gasteiger partial charge in [0.2, 0.25) is 10.0 Å². The van der Waals surface area contributed by atoms with Crippen LogP contribution in [0.3, 0.4) is 0 Å². The Kier molecular flexibility index (Phi) is 9.46. The molecule has 10 nitrogen and oxygen atoms in total. The number of hydrogen-bond acceptors (Lipinski definition) is 9. The average molecular weight is 571 g/mol. The van der Waals surface area contributed by atoms with Gasteiger partial charge in [-0.15, -0.1) is 11.3 Å². The van der Waals surface area contributed by atoms with E-state index in [1.807, 2.05) is 0 Å². The van der Waals surface area contributed by atoms with Crippen molar-refractivity contribution in [3.8, 4) is 0 Å². The molecule has 1 N–H and O–H groups in total. The number of hydrogen-bond donors (Lipinski definition) is 1. The van der Waals surface area contributed by atoms with Crippen molar-refractivity contribution in [3.05, 3.63) is 44.8 Å². The molecule has 1 saturated heterocycles. The zero-order chi connectivity index (χ0) is 27.3. The highest BCUT2D eigenvalue weighted by Crippen LogP contribution is 2.34. The molecule has 1 aromatic carbocycles. The van der Waals surface area contributed by atoms with Crippen LogP contribution in [0.5, 0.6) is 0 Å². The minimum atomic E-state index is -3.90. The van der Waals surface area contributed by atoms with Gasteiger partial charge < -0.3 is 14.8 Å². The number of rotatable bonds is 9. The highest BCUT2D eigenvalue weighted by Gasteiger charge is 2.29. The third-order valence-electron chi connectivity index (χ3n) is 5.63. The van der Waals surface area contributed by atoms with E-state index >= 15 is 0 Å². The van der Waals surface area contributed by atoms with E-state index in [1.165, 1.54) is 23.4 Å². The third kappa shape index (κ3) is 6.56. The zero-order valence-electron chi connectivity index (χ0n) is 20.6. The molecular weight excluding hydrogens is 544 g/mol. The van der Waals surface area contributed by atoms with Crippen molar-refractivity contribution in [1.29, 1.82) is 0 Å². The first kappa shape index (κ1) is 28.8. The second kappa shape index (κ2) is 12.2. The van der Waals surface area contributed by atoms with E-state index in [0.29, 0.717) is 23.5 Å². The van der Waals surface area contributed by atoms with Gasteiger partial charge in [-0.2, -0.15) is 4.31 Å². The number of benzene rings is 1. The predicted octanol–water partition coefficient (Wildman–Crippen LogP) is 4.06. The van der Waals surface area contributed by atoms with Gasteiger partial charge in [0.05, 0.1) is 27.6 Å². The van der Waals surface area contributed by atoms with Crippen LogP contribution in [0.4, 0.5) is 5.00 Å². The van der Waals surface area contributed by atoms with E-state index in [-0.39, 0.29) is 38.4 Å². The Labute approximate surface area is 223 Å². The zero-order valence-corrected chi connectivity index (χ0v) is 23.0. The molecule has 0 radical (unpaired) electrons. The lowest BCUT2D eigenvalue weighted by Crippen LogP contribution is -2.35.